The first kappa shape index (κ1) is 17.8. The molecule has 136 valence electrons. The molecule has 0 spiro atoms. The molecule has 0 fully saturated rings. The molecule has 0 saturated carbocycles. The minimum Gasteiger partial charge on any atom is -0.501 e. The lowest BCUT2D eigenvalue weighted by Gasteiger charge is -2.29. The zero-order valence-corrected chi connectivity index (χ0v) is 14.0. The molecular weight excluding hydrogens is 339 g/mol. The third-order valence-electron chi connectivity index (χ3n) is 4.35. The molecule has 1 aromatic heterocycles. The number of halogens is 1. The Morgan fingerprint density at radius 2 is 2.08 bits per heavy atom. The highest BCUT2D eigenvalue weighted by Crippen LogP contribution is 2.29. The van der Waals surface area contributed by atoms with Gasteiger partial charge in [-0.2, -0.15) is 0 Å². The van der Waals surface area contributed by atoms with Gasteiger partial charge in [-0.15, -0.1) is 0 Å². The molecule has 8 heteroatoms. The van der Waals surface area contributed by atoms with Gasteiger partial charge in [0.1, 0.15) is 11.6 Å². The van der Waals surface area contributed by atoms with Crippen molar-refractivity contribution in [2.24, 2.45) is 5.73 Å². The van der Waals surface area contributed by atoms with Gasteiger partial charge in [0.2, 0.25) is 5.75 Å². The van der Waals surface area contributed by atoms with Crippen LogP contribution in [0.25, 0.3) is 0 Å². The maximum absolute atomic E-state index is 12.9. The van der Waals surface area contributed by atoms with Crippen LogP contribution in [0, 0.1) is 5.82 Å². The average molecular weight is 358 g/mol. The standard InChI is InChI=1S/C18H19FN4O3/c19-12-6-4-11(5-7-12)10-21-15(25)13-14(24)16(26)23-17(22-13)18(20)8-2-1-3-9-18/h1-2,4-7,24H,3,8-10,20H2,(H,21,25)(H,22,23,26). The number of carbonyl (C=O) groups excluding carboxylic acids is 1. The van der Waals surface area contributed by atoms with Crippen molar-refractivity contribution in [1.29, 1.82) is 0 Å². The molecular formula is C18H19FN4O3. The first-order valence-corrected chi connectivity index (χ1v) is 8.19. The molecule has 0 aliphatic heterocycles. The highest BCUT2D eigenvalue weighted by atomic mass is 19.1. The number of rotatable bonds is 4. The van der Waals surface area contributed by atoms with Crippen molar-refractivity contribution in [2.75, 3.05) is 0 Å². The number of hydrogen-bond donors (Lipinski definition) is 4. The van der Waals surface area contributed by atoms with E-state index < -0.39 is 22.8 Å². The lowest BCUT2D eigenvalue weighted by molar-refractivity contribution is 0.0941. The molecule has 1 aliphatic rings. The molecule has 26 heavy (non-hydrogen) atoms. The Morgan fingerprint density at radius 3 is 2.73 bits per heavy atom. The number of carbonyl (C=O) groups is 1. The monoisotopic (exact) mass is 358 g/mol. The Hall–Kier alpha value is -3.00. The van der Waals surface area contributed by atoms with Gasteiger partial charge in [0.25, 0.3) is 11.5 Å². The average Bonchev–Trinajstić information content (AvgIpc) is 2.63. The maximum Gasteiger partial charge on any atom is 0.293 e. The molecule has 7 nitrogen and oxygen atoms in total. The normalized spacial score (nSPS) is 19.3. The Labute approximate surface area is 148 Å². The Balaban J connectivity index is 1.84. The van der Waals surface area contributed by atoms with Crippen molar-refractivity contribution in [3.8, 4) is 5.75 Å². The number of hydrogen-bond acceptors (Lipinski definition) is 5. The van der Waals surface area contributed by atoms with E-state index in [4.69, 9.17) is 5.73 Å². The van der Waals surface area contributed by atoms with Crippen molar-refractivity contribution < 1.29 is 14.3 Å². The number of allylic oxidation sites excluding steroid dienone is 1. The van der Waals surface area contributed by atoms with Gasteiger partial charge >= 0.3 is 0 Å². The van der Waals surface area contributed by atoms with E-state index in [0.717, 1.165) is 6.42 Å². The van der Waals surface area contributed by atoms with Crippen LogP contribution in [0.3, 0.4) is 0 Å². The second-order valence-electron chi connectivity index (χ2n) is 6.29. The zero-order chi connectivity index (χ0) is 18.7. The van der Waals surface area contributed by atoms with Crippen LogP contribution in [0.2, 0.25) is 0 Å². The fourth-order valence-corrected chi connectivity index (χ4v) is 2.80. The number of nitrogens with zero attached hydrogens (tertiary/aromatic N) is 1. The van der Waals surface area contributed by atoms with E-state index in [1.165, 1.54) is 24.3 Å². The van der Waals surface area contributed by atoms with Crippen molar-refractivity contribution >= 4 is 5.91 Å². The smallest absolute Gasteiger partial charge is 0.293 e. The third kappa shape index (κ3) is 3.65. The summed E-state index contributed by atoms with van der Waals surface area (Å²) >= 11 is 0. The quantitative estimate of drug-likeness (QED) is 0.616. The van der Waals surface area contributed by atoms with E-state index in [9.17, 15) is 19.1 Å². The second kappa shape index (κ2) is 7.09. The van der Waals surface area contributed by atoms with Gasteiger partial charge in [-0.25, -0.2) is 9.37 Å². The Morgan fingerprint density at radius 1 is 1.35 bits per heavy atom. The summed E-state index contributed by atoms with van der Waals surface area (Å²) in [6.45, 7) is 0.0961. The zero-order valence-electron chi connectivity index (χ0n) is 14.0. The number of amides is 1. The van der Waals surface area contributed by atoms with Gasteiger partial charge in [-0.1, -0.05) is 24.3 Å². The van der Waals surface area contributed by atoms with Crippen molar-refractivity contribution in [1.82, 2.24) is 15.3 Å². The van der Waals surface area contributed by atoms with Gasteiger partial charge in [0.05, 0.1) is 5.54 Å². The first-order valence-electron chi connectivity index (χ1n) is 8.19. The summed E-state index contributed by atoms with van der Waals surface area (Å²) in [5.41, 5.74) is 4.88. The van der Waals surface area contributed by atoms with Crippen LogP contribution >= 0.6 is 0 Å². The molecule has 0 bridgehead atoms. The summed E-state index contributed by atoms with van der Waals surface area (Å²) in [6.07, 6.45) is 5.64. The molecule has 5 N–H and O–H groups in total. The molecule has 2 aromatic rings. The van der Waals surface area contributed by atoms with Crippen LogP contribution in [-0.4, -0.2) is 21.0 Å². The van der Waals surface area contributed by atoms with Crippen LogP contribution in [-0.2, 0) is 12.1 Å². The fourth-order valence-electron chi connectivity index (χ4n) is 2.80. The topological polar surface area (TPSA) is 121 Å². The molecule has 1 aliphatic carbocycles. The molecule has 3 rings (SSSR count). The lowest BCUT2D eigenvalue weighted by atomic mass is 9.86. The van der Waals surface area contributed by atoms with Crippen LogP contribution in [0.15, 0.2) is 41.2 Å². The molecule has 1 aromatic carbocycles. The first-order chi connectivity index (χ1) is 12.4. The van der Waals surface area contributed by atoms with Crippen molar-refractivity contribution in [3.05, 3.63) is 69.7 Å². The number of benzene rings is 1. The van der Waals surface area contributed by atoms with Crippen molar-refractivity contribution in [2.45, 2.75) is 31.3 Å². The van der Waals surface area contributed by atoms with E-state index >= 15 is 0 Å². The third-order valence-corrected chi connectivity index (χ3v) is 4.35. The van der Waals surface area contributed by atoms with E-state index in [1.807, 2.05) is 12.2 Å². The molecule has 1 amide bonds. The van der Waals surface area contributed by atoms with Gasteiger partial charge in [0.15, 0.2) is 5.69 Å². The predicted octanol–water partition coefficient (Wildman–Crippen LogP) is 1.44. The number of aromatic nitrogens is 2. The second-order valence-corrected chi connectivity index (χ2v) is 6.29. The SMILES string of the molecule is NC1(c2nc(C(=O)NCc3ccc(F)cc3)c(O)c(=O)[nH]2)CC=CCC1. The Kier molecular flexibility index (Phi) is 4.85. The highest BCUT2D eigenvalue weighted by Gasteiger charge is 2.32. The predicted molar refractivity (Wildman–Crippen MR) is 92.9 cm³/mol. The molecule has 0 radical (unpaired) electrons. The van der Waals surface area contributed by atoms with Crippen LogP contribution in [0.5, 0.6) is 5.75 Å². The highest BCUT2D eigenvalue weighted by molar-refractivity contribution is 5.94. The van der Waals surface area contributed by atoms with Crippen LogP contribution in [0.4, 0.5) is 4.39 Å². The maximum atomic E-state index is 12.9. The lowest BCUT2D eigenvalue weighted by Crippen LogP contribution is -2.41. The van der Waals surface area contributed by atoms with Crippen molar-refractivity contribution in [3.63, 3.8) is 0 Å². The minimum absolute atomic E-state index is 0.0961. The minimum atomic E-state index is -0.895. The van der Waals surface area contributed by atoms with Crippen LogP contribution < -0.4 is 16.6 Å². The number of nitrogens with two attached hydrogens (primary N) is 1. The molecule has 1 atom stereocenters. The fraction of sp³-hybridized carbons (Fsp3) is 0.278. The summed E-state index contributed by atoms with van der Waals surface area (Å²) in [7, 11) is 0. The molecule has 1 heterocycles. The summed E-state index contributed by atoms with van der Waals surface area (Å²) < 4.78 is 12.9. The molecule has 1 unspecified atom stereocenters. The number of aromatic amines is 1. The van der Waals surface area contributed by atoms with E-state index in [2.05, 4.69) is 15.3 Å². The van der Waals surface area contributed by atoms with Gasteiger partial charge in [-0.3, -0.25) is 9.59 Å². The number of nitrogens with one attached hydrogen (secondary N) is 2. The summed E-state index contributed by atoms with van der Waals surface area (Å²) in [4.78, 5) is 31.0. The number of aromatic hydroxyl groups is 1. The largest absolute Gasteiger partial charge is 0.501 e. The summed E-state index contributed by atoms with van der Waals surface area (Å²) in [5.74, 6) is -1.69. The van der Waals surface area contributed by atoms with Crippen LogP contribution in [0.1, 0.15) is 41.1 Å². The Bertz CT molecular complexity index is 908. The van der Waals surface area contributed by atoms with Gasteiger partial charge in [-0.05, 0) is 37.0 Å². The van der Waals surface area contributed by atoms with E-state index in [-0.39, 0.29) is 23.9 Å². The van der Waals surface area contributed by atoms with E-state index in [0.29, 0.717) is 18.4 Å². The van der Waals surface area contributed by atoms with E-state index in [1.54, 1.807) is 0 Å². The van der Waals surface area contributed by atoms with Gasteiger partial charge in [0, 0.05) is 6.54 Å². The molecule has 0 saturated heterocycles. The number of H-pyrrole nitrogens is 1. The summed E-state index contributed by atoms with van der Waals surface area (Å²) in [6, 6.07) is 5.60. The summed E-state index contributed by atoms with van der Waals surface area (Å²) in [5, 5.41) is 12.5. The van der Waals surface area contributed by atoms with Gasteiger partial charge < -0.3 is 21.1 Å².